The minimum atomic E-state index is -1.94. The first-order valence-electron chi connectivity index (χ1n) is 31.2. The molecule has 1 rings (SSSR count). The molecule has 12 nitrogen and oxygen atoms in total. The Labute approximate surface area is 490 Å². The van der Waals surface area contributed by atoms with E-state index in [-0.39, 0.29) is 25.9 Å². The van der Waals surface area contributed by atoms with E-state index in [1.54, 1.807) is 0 Å². The van der Waals surface area contributed by atoms with E-state index in [0.29, 0.717) is 25.7 Å². The Morgan fingerprint density at radius 3 is 1.23 bits per heavy atom. The highest BCUT2D eigenvalue weighted by Gasteiger charge is 2.50. The van der Waals surface area contributed by atoms with E-state index in [4.69, 9.17) is 23.7 Å². The summed E-state index contributed by atoms with van der Waals surface area (Å²) in [6.07, 6.45) is 65.6. The topological polar surface area (TPSA) is 175 Å². The van der Waals surface area contributed by atoms with Gasteiger partial charge in [0.1, 0.15) is 18.8 Å². The SMILES string of the molecule is CC/C=C\C/C=C\C/C=C\C/C=C\C/C=C\C/C=C\CCC(=O)OC1C(OCC(COC(=O)CCCCCCCCC/C=C\C/C=C\C/C=C\CC)OC(=O)CCCCCCC/C=C\C/C=C\CCCCC)OC(C(=O)O)C(O)C1O. The lowest BCUT2D eigenvalue weighted by Crippen LogP contribution is -2.61. The zero-order chi connectivity index (χ0) is 58.9. The van der Waals surface area contributed by atoms with Crippen molar-refractivity contribution in [3.8, 4) is 0 Å². The van der Waals surface area contributed by atoms with Gasteiger partial charge in [0.15, 0.2) is 24.6 Å². The third-order valence-electron chi connectivity index (χ3n) is 13.2. The van der Waals surface area contributed by atoms with E-state index in [2.05, 4.69) is 136 Å². The monoisotopic (exact) mass is 1130 g/mol. The van der Waals surface area contributed by atoms with Crippen LogP contribution in [0.2, 0.25) is 0 Å². The zero-order valence-electron chi connectivity index (χ0n) is 50.2. The summed E-state index contributed by atoms with van der Waals surface area (Å²) < 4.78 is 28.4. The van der Waals surface area contributed by atoms with E-state index < -0.39 is 67.3 Å². The second kappa shape index (κ2) is 55.4. The number of aliphatic hydroxyl groups is 2. The highest BCUT2D eigenvalue weighted by atomic mass is 16.7. The Morgan fingerprint density at radius 1 is 0.420 bits per heavy atom. The molecule has 0 amide bonds. The molecule has 0 aromatic carbocycles. The second-order valence-electron chi connectivity index (χ2n) is 20.6. The van der Waals surface area contributed by atoms with Gasteiger partial charge in [-0.05, 0) is 122 Å². The van der Waals surface area contributed by atoms with Crippen LogP contribution in [0, 0.1) is 0 Å². The minimum absolute atomic E-state index is 0.0742. The zero-order valence-corrected chi connectivity index (χ0v) is 50.2. The van der Waals surface area contributed by atoms with Crippen molar-refractivity contribution in [2.45, 2.75) is 263 Å². The van der Waals surface area contributed by atoms with Gasteiger partial charge in [0.05, 0.1) is 6.61 Å². The summed E-state index contributed by atoms with van der Waals surface area (Å²) in [7, 11) is 0. The fourth-order valence-corrected chi connectivity index (χ4v) is 8.50. The Morgan fingerprint density at radius 2 is 0.802 bits per heavy atom. The van der Waals surface area contributed by atoms with Gasteiger partial charge in [-0.1, -0.05) is 219 Å². The Bertz CT molecular complexity index is 1920. The smallest absolute Gasteiger partial charge is 0.335 e. The van der Waals surface area contributed by atoms with Crippen molar-refractivity contribution in [1.82, 2.24) is 0 Å². The van der Waals surface area contributed by atoms with Crippen LogP contribution in [0.25, 0.3) is 0 Å². The molecule has 81 heavy (non-hydrogen) atoms. The van der Waals surface area contributed by atoms with Crippen molar-refractivity contribution in [3.05, 3.63) is 134 Å². The summed E-state index contributed by atoms with van der Waals surface area (Å²) in [6, 6.07) is 0. The van der Waals surface area contributed by atoms with Gasteiger partial charge in [-0.15, -0.1) is 0 Å². The molecular weight excluding hydrogens is 1020 g/mol. The summed E-state index contributed by atoms with van der Waals surface area (Å²) in [5.74, 6) is -3.28. The highest BCUT2D eigenvalue weighted by Crippen LogP contribution is 2.26. The van der Waals surface area contributed by atoms with Crippen LogP contribution in [-0.4, -0.2) is 89.2 Å². The molecule has 1 fully saturated rings. The number of carbonyl (C=O) groups excluding carboxylic acids is 3. The molecule has 0 spiro atoms. The molecule has 6 unspecified atom stereocenters. The van der Waals surface area contributed by atoms with Crippen molar-refractivity contribution in [2.24, 2.45) is 0 Å². The molecule has 0 aromatic heterocycles. The van der Waals surface area contributed by atoms with E-state index in [0.717, 1.165) is 135 Å². The summed E-state index contributed by atoms with van der Waals surface area (Å²) in [4.78, 5) is 51.2. The average Bonchev–Trinajstić information content (AvgIpc) is 3.54. The predicted molar refractivity (Wildman–Crippen MR) is 330 cm³/mol. The lowest BCUT2D eigenvalue weighted by Gasteiger charge is -2.40. The van der Waals surface area contributed by atoms with Crippen molar-refractivity contribution in [1.29, 1.82) is 0 Å². The second-order valence-corrected chi connectivity index (χ2v) is 20.6. The largest absolute Gasteiger partial charge is 0.479 e. The molecule has 0 saturated carbocycles. The average molecular weight is 1130 g/mol. The van der Waals surface area contributed by atoms with Crippen molar-refractivity contribution >= 4 is 23.9 Å². The van der Waals surface area contributed by atoms with Gasteiger partial charge in [-0.3, -0.25) is 14.4 Å². The standard InChI is InChI=1S/C69H108O12/c1-4-7-10-13-16-19-22-25-28-30-31-33-36-39-42-45-48-51-54-57-63(72)80-67-65(74)64(73)66(68(75)76)81-69(67)78-59-60(79-62(71)56-53-50-47-44-41-38-34-27-24-21-18-15-12-9-6-3)58-77-61(70)55-52-49-46-43-40-37-35-32-29-26-23-20-17-14-11-8-5-2/h7-8,10-11,16-21,25-29,31,33-34,39,42,48,51,60,64-67,69,73-74H,4-6,9,12-15,22-24,30,32,35-38,40-41,43-47,49-50,52-59H2,1-3H3,(H,75,76)/b10-7-,11-8-,19-16-,20-17-,21-18-,28-25-,29-26-,33-31-,34-27-,42-39-,51-48-. The molecule has 12 heteroatoms. The van der Waals surface area contributed by atoms with Crippen molar-refractivity contribution in [3.63, 3.8) is 0 Å². The number of esters is 3. The number of carbonyl (C=O) groups is 4. The van der Waals surface area contributed by atoms with Crippen molar-refractivity contribution < 1.29 is 58.2 Å². The van der Waals surface area contributed by atoms with E-state index >= 15 is 0 Å². The molecule has 0 bridgehead atoms. The third kappa shape index (κ3) is 45.1. The summed E-state index contributed by atoms with van der Waals surface area (Å²) in [5.41, 5.74) is 0. The maximum atomic E-state index is 13.2. The lowest BCUT2D eigenvalue weighted by atomic mass is 9.98. The van der Waals surface area contributed by atoms with Gasteiger partial charge in [0.25, 0.3) is 0 Å². The van der Waals surface area contributed by atoms with Gasteiger partial charge in [-0.25, -0.2) is 4.79 Å². The number of aliphatic carboxylic acids is 1. The summed E-state index contributed by atoms with van der Waals surface area (Å²) in [5, 5.41) is 31.5. The normalized spacial score (nSPS) is 18.7. The molecule has 1 heterocycles. The fraction of sp³-hybridized carbons (Fsp3) is 0.623. The van der Waals surface area contributed by atoms with Gasteiger partial charge in [0, 0.05) is 19.3 Å². The van der Waals surface area contributed by atoms with Crippen LogP contribution in [-0.2, 0) is 42.9 Å². The van der Waals surface area contributed by atoms with E-state index in [1.807, 2.05) is 18.2 Å². The fourth-order valence-electron chi connectivity index (χ4n) is 8.50. The molecular formula is C69H108O12. The van der Waals surface area contributed by atoms with Crippen LogP contribution in [0.5, 0.6) is 0 Å². The molecule has 1 saturated heterocycles. The van der Waals surface area contributed by atoms with Gasteiger partial charge in [-0.2, -0.15) is 0 Å². The molecule has 1 aliphatic heterocycles. The van der Waals surface area contributed by atoms with Gasteiger partial charge < -0.3 is 39.0 Å². The maximum absolute atomic E-state index is 13.2. The number of unbranched alkanes of at least 4 members (excludes halogenated alkanes) is 15. The summed E-state index contributed by atoms with van der Waals surface area (Å²) in [6.45, 7) is 5.69. The predicted octanol–water partition coefficient (Wildman–Crippen LogP) is 16.6. The number of ether oxygens (including phenoxy) is 5. The van der Waals surface area contributed by atoms with Crippen molar-refractivity contribution in [2.75, 3.05) is 13.2 Å². The Kier molecular flexibility index (Phi) is 50.5. The number of aliphatic hydroxyl groups excluding tert-OH is 2. The number of hydrogen-bond acceptors (Lipinski definition) is 11. The first-order valence-corrected chi connectivity index (χ1v) is 31.2. The first-order chi connectivity index (χ1) is 39.6. The third-order valence-corrected chi connectivity index (χ3v) is 13.2. The number of carboxylic acid groups (broad SMARTS) is 1. The number of rotatable bonds is 51. The van der Waals surface area contributed by atoms with Crippen LogP contribution < -0.4 is 0 Å². The lowest BCUT2D eigenvalue weighted by molar-refractivity contribution is -0.301. The molecule has 0 aliphatic carbocycles. The van der Waals surface area contributed by atoms with Crippen LogP contribution >= 0.6 is 0 Å². The molecule has 6 atom stereocenters. The molecule has 0 radical (unpaired) electrons. The minimum Gasteiger partial charge on any atom is -0.479 e. The quantitative estimate of drug-likeness (QED) is 0.0228. The van der Waals surface area contributed by atoms with Gasteiger partial charge in [0.2, 0.25) is 0 Å². The van der Waals surface area contributed by atoms with Crippen LogP contribution in [0.3, 0.4) is 0 Å². The molecule has 3 N–H and O–H groups in total. The first kappa shape index (κ1) is 73.9. The number of carboxylic acids is 1. The van der Waals surface area contributed by atoms with Crippen LogP contribution in [0.15, 0.2) is 134 Å². The number of allylic oxidation sites excluding steroid dienone is 22. The molecule has 1 aliphatic rings. The Balaban J connectivity index is 2.74. The molecule has 0 aromatic rings. The van der Waals surface area contributed by atoms with E-state index in [1.165, 1.54) is 25.7 Å². The van der Waals surface area contributed by atoms with Crippen LogP contribution in [0.1, 0.15) is 226 Å². The summed E-state index contributed by atoms with van der Waals surface area (Å²) >= 11 is 0. The van der Waals surface area contributed by atoms with Crippen LogP contribution in [0.4, 0.5) is 0 Å². The van der Waals surface area contributed by atoms with E-state index in [9.17, 15) is 34.5 Å². The number of hydrogen-bond donors (Lipinski definition) is 3. The Hall–Kier alpha value is -5.14. The maximum Gasteiger partial charge on any atom is 0.335 e. The van der Waals surface area contributed by atoms with Gasteiger partial charge >= 0.3 is 23.9 Å². The highest BCUT2D eigenvalue weighted by molar-refractivity contribution is 5.74. The molecule has 456 valence electrons.